The highest BCUT2D eigenvalue weighted by molar-refractivity contribution is 6.06. The Kier molecular flexibility index (Phi) is 4.80. The van der Waals surface area contributed by atoms with Gasteiger partial charge in [0.05, 0.1) is 0 Å². The standard InChI is InChI=1S/C21H22N2O/c1-23(2)18-12-10-16(11-13-18)14-15-22-21(24)20-9-5-7-17-6-3-4-8-19(17)20/h3-13H,14-15H2,1-2H3,(H,22,24). The zero-order valence-corrected chi connectivity index (χ0v) is 14.1. The molecule has 0 aliphatic rings. The summed E-state index contributed by atoms with van der Waals surface area (Å²) in [6, 6.07) is 22.2. The number of anilines is 1. The van der Waals surface area contributed by atoms with E-state index < -0.39 is 0 Å². The lowest BCUT2D eigenvalue weighted by Crippen LogP contribution is -2.25. The Hall–Kier alpha value is -2.81. The molecule has 122 valence electrons. The van der Waals surface area contributed by atoms with Crippen LogP contribution in [0.25, 0.3) is 10.8 Å². The van der Waals surface area contributed by atoms with Crippen LogP contribution in [0.3, 0.4) is 0 Å². The van der Waals surface area contributed by atoms with Gasteiger partial charge in [0.1, 0.15) is 0 Å². The number of rotatable bonds is 5. The van der Waals surface area contributed by atoms with E-state index in [4.69, 9.17) is 0 Å². The summed E-state index contributed by atoms with van der Waals surface area (Å²) in [5.74, 6) is -0.0169. The number of amides is 1. The summed E-state index contributed by atoms with van der Waals surface area (Å²) >= 11 is 0. The summed E-state index contributed by atoms with van der Waals surface area (Å²) in [6.07, 6.45) is 0.824. The van der Waals surface area contributed by atoms with Gasteiger partial charge in [-0.2, -0.15) is 0 Å². The fourth-order valence-electron chi connectivity index (χ4n) is 2.80. The number of hydrogen-bond donors (Lipinski definition) is 1. The number of carbonyl (C=O) groups is 1. The zero-order valence-electron chi connectivity index (χ0n) is 14.1. The first kappa shape index (κ1) is 16.1. The summed E-state index contributed by atoms with van der Waals surface area (Å²) in [6.45, 7) is 0.628. The summed E-state index contributed by atoms with van der Waals surface area (Å²) in [4.78, 5) is 14.5. The second kappa shape index (κ2) is 7.18. The molecular weight excluding hydrogens is 296 g/mol. The zero-order chi connectivity index (χ0) is 16.9. The minimum absolute atomic E-state index is 0.0169. The van der Waals surface area contributed by atoms with Crippen molar-refractivity contribution in [2.75, 3.05) is 25.5 Å². The van der Waals surface area contributed by atoms with Crippen molar-refractivity contribution in [2.24, 2.45) is 0 Å². The smallest absolute Gasteiger partial charge is 0.251 e. The van der Waals surface area contributed by atoms with E-state index in [1.807, 2.05) is 56.6 Å². The molecule has 0 radical (unpaired) electrons. The van der Waals surface area contributed by atoms with Crippen LogP contribution >= 0.6 is 0 Å². The number of benzene rings is 3. The van der Waals surface area contributed by atoms with E-state index >= 15 is 0 Å². The quantitative estimate of drug-likeness (QED) is 0.774. The molecule has 0 aliphatic carbocycles. The van der Waals surface area contributed by atoms with Crippen molar-refractivity contribution in [3.63, 3.8) is 0 Å². The van der Waals surface area contributed by atoms with Crippen LogP contribution in [0.15, 0.2) is 66.7 Å². The Morgan fingerprint density at radius 2 is 1.62 bits per heavy atom. The van der Waals surface area contributed by atoms with Gasteiger partial charge in [-0.3, -0.25) is 4.79 Å². The second-order valence-corrected chi connectivity index (χ2v) is 6.09. The molecule has 3 aromatic rings. The molecule has 0 saturated heterocycles. The minimum atomic E-state index is -0.0169. The fourth-order valence-corrected chi connectivity index (χ4v) is 2.80. The third-order valence-electron chi connectivity index (χ3n) is 4.19. The maximum atomic E-state index is 12.5. The Morgan fingerprint density at radius 3 is 2.38 bits per heavy atom. The molecule has 3 aromatic carbocycles. The number of nitrogens with one attached hydrogen (secondary N) is 1. The molecule has 0 saturated carbocycles. The lowest BCUT2D eigenvalue weighted by atomic mass is 10.0. The third kappa shape index (κ3) is 3.57. The highest BCUT2D eigenvalue weighted by atomic mass is 16.1. The van der Waals surface area contributed by atoms with Crippen LogP contribution in [0.5, 0.6) is 0 Å². The van der Waals surface area contributed by atoms with Crippen LogP contribution in [-0.2, 0) is 6.42 Å². The van der Waals surface area contributed by atoms with E-state index in [0.29, 0.717) is 6.54 Å². The molecule has 0 atom stereocenters. The van der Waals surface area contributed by atoms with Gasteiger partial charge in [-0.15, -0.1) is 0 Å². The molecular formula is C21H22N2O. The highest BCUT2D eigenvalue weighted by Crippen LogP contribution is 2.18. The summed E-state index contributed by atoms with van der Waals surface area (Å²) in [5.41, 5.74) is 3.13. The van der Waals surface area contributed by atoms with E-state index in [0.717, 1.165) is 22.8 Å². The van der Waals surface area contributed by atoms with Gasteiger partial charge in [-0.1, -0.05) is 48.5 Å². The number of hydrogen-bond acceptors (Lipinski definition) is 2. The van der Waals surface area contributed by atoms with Gasteiger partial charge < -0.3 is 10.2 Å². The lowest BCUT2D eigenvalue weighted by molar-refractivity contribution is 0.0956. The average molecular weight is 318 g/mol. The Morgan fingerprint density at radius 1 is 0.917 bits per heavy atom. The van der Waals surface area contributed by atoms with Crippen LogP contribution < -0.4 is 10.2 Å². The summed E-state index contributed by atoms with van der Waals surface area (Å²) in [7, 11) is 4.05. The highest BCUT2D eigenvalue weighted by Gasteiger charge is 2.08. The predicted molar refractivity (Wildman–Crippen MR) is 101 cm³/mol. The first-order valence-corrected chi connectivity index (χ1v) is 8.17. The van der Waals surface area contributed by atoms with Gasteiger partial charge in [-0.25, -0.2) is 0 Å². The molecule has 0 unspecified atom stereocenters. The average Bonchev–Trinajstić information content (AvgIpc) is 2.61. The molecule has 24 heavy (non-hydrogen) atoms. The van der Waals surface area contributed by atoms with Crippen molar-refractivity contribution in [1.29, 1.82) is 0 Å². The van der Waals surface area contributed by atoms with Gasteiger partial charge in [-0.05, 0) is 41.0 Å². The van der Waals surface area contributed by atoms with Gasteiger partial charge in [0.2, 0.25) is 0 Å². The Bertz CT molecular complexity index is 833. The van der Waals surface area contributed by atoms with Crippen molar-refractivity contribution < 1.29 is 4.79 Å². The normalized spacial score (nSPS) is 10.6. The maximum Gasteiger partial charge on any atom is 0.251 e. The van der Waals surface area contributed by atoms with E-state index in [-0.39, 0.29) is 5.91 Å². The van der Waals surface area contributed by atoms with Crippen molar-refractivity contribution in [2.45, 2.75) is 6.42 Å². The Labute approximate surface area is 142 Å². The molecule has 3 rings (SSSR count). The van der Waals surface area contributed by atoms with Crippen LogP contribution in [0, 0.1) is 0 Å². The van der Waals surface area contributed by atoms with Gasteiger partial charge >= 0.3 is 0 Å². The Balaban J connectivity index is 1.63. The lowest BCUT2D eigenvalue weighted by Gasteiger charge is -2.13. The molecule has 0 aromatic heterocycles. The number of fused-ring (bicyclic) bond motifs is 1. The van der Waals surface area contributed by atoms with E-state index in [1.165, 1.54) is 11.3 Å². The molecule has 0 spiro atoms. The van der Waals surface area contributed by atoms with Crippen molar-refractivity contribution in [3.8, 4) is 0 Å². The van der Waals surface area contributed by atoms with Gasteiger partial charge in [0.15, 0.2) is 0 Å². The molecule has 0 bridgehead atoms. The van der Waals surface area contributed by atoms with E-state index in [9.17, 15) is 4.79 Å². The topological polar surface area (TPSA) is 32.3 Å². The third-order valence-corrected chi connectivity index (χ3v) is 4.19. The summed E-state index contributed by atoms with van der Waals surface area (Å²) in [5, 5.41) is 5.11. The second-order valence-electron chi connectivity index (χ2n) is 6.09. The van der Waals surface area contributed by atoms with Crippen molar-refractivity contribution >= 4 is 22.4 Å². The maximum absolute atomic E-state index is 12.5. The first-order valence-electron chi connectivity index (χ1n) is 8.17. The monoisotopic (exact) mass is 318 g/mol. The molecule has 0 fully saturated rings. The predicted octanol–water partition coefficient (Wildman–Crippen LogP) is 3.88. The van der Waals surface area contributed by atoms with E-state index in [2.05, 4.69) is 34.5 Å². The molecule has 1 N–H and O–H groups in total. The van der Waals surface area contributed by atoms with Crippen LogP contribution in [-0.4, -0.2) is 26.5 Å². The minimum Gasteiger partial charge on any atom is -0.378 e. The van der Waals surface area contributed by atoms with Crippen LogP contribution in [0.4, 0.5) is 5.69 Å². The molecule has 0 heterocycles. The van der Waals surface area contributed by atoms with Crippen molar-refractivity contribution in [3.05, 3.63) is 77.9 Å². The van der Waals surface area contributed by atoms with E-state index in [1.54, 1.807) is 0 Å². The van der Waals surface area contributed by atoms with Crippen LogP contribution in [0.2, 0.25) is 0 Å². The SMILES string of the molecule is CN(C)c1ccc(CCNC(=O)c2cccc3ccccc23)cc1. The molecule has 1 amide bonds. The molecule has 3 heteroatoms. The van der Waals surface area contributed by atoms with Crippen LogP contribution in [0.1, 0.15) is 15.9 Å². The summed E-state index contributed by atoms with van der Waals surface area (Å²) < 4.78 is 0. The molecule has 0 aliphatic heterocycles. The van der Waals surface area contributed by atoms with Gasteiger partial charge in [0.25, 0.3) is 5.91 Å². The van der Waals surface area contributed by atoms with Gasteiger partial charge in [0, 0.05) is 31.9 Å². The molecule has 3 nitrogen and oxygen atoms in total. The largest absolute Gasteiger partial charge is 0.378 e. The first-order chi connectivity index (χ1) is 11.6. The number of nitrogens with zero attached hydrogens (tertiary/aromatic N) is 1. The fraction of sp³-hybridized carbons (Fsp3) is 0.190. The van der Waals surface area contributed by atoms with Crippen molar-refractivity contribution in [1.82, 2.24) is 5.32 Å². The number of carbonyl (C=O) groups excluding carboxylic acids is 1.